The van der Waals surface area contributed by atoms with Crippen LogP contribution in [-0.4, -0.2) is 31.9 Å². The maximum absolute atomic E-state index is 12.7. The van der Waals surface area contributed by atoms with E-state index in [4.69, 9.17) is 11.6 Å². The van der Waals surface area contributed by atoms with Crippen molar-refractivity contribution in [3.05, 3.63) is 63.1 Å². The summed E-state index contributed by atoms with van der Waals surface area (Å²) in [5.74, 6) is -0.0737. The van der Waals surface area contributed by atoms with Crippen molar-refractivity contribution in [3.8, 4) is 0 Å². The molecule has 0 bridgehead atoms. The fourth-order valence-corrected chi connectivity index (χ4v) is 3.33. The number of nitrogens with zero attached hydrogens (tertiary/aromatic N) is 4. The van der Waals surface area contributed by atoms with Crippen LogP contribution in [0.1, 0.15) is 21.7 Å². The Balaban J connectivity index is 1.63. The van der Waals surface area contributed by atoms with E-state index < -0.39 is 0 Å². The van der Waals surface area contributed by atoms with E-state index >= 15 is 0 Å². The molecule has 4 heterocycles. The normalized spacial score (nSPS) is 14.1. The Hall–Kier alpha value is -1.92. The third-order valence-electron chi connectivity index (χ3n) is 3.94. The summed E-state index contributed by atoms with van der Waals surface area (Å²) in [7, 11) is 0. The van der Waals surface area contributed by atoms with E-state index in [1.165, 1.54) is 0 Å². The van der Waals surface area contributed by atoms with Gasteiger partial charge < -0.3 is 4.90 Å². The molecule has 0 saturated carbocycles. The molecule has 1 aliphatic rings. The molecule has 0 atom stereocenters. The number of amides is 1. The van der Waals surface area contributed by atoms with Gasteiger partial charge in [-0.3, -0.25) is 9.78 Å². The van der Waals surface area contributed by atoms with Crippen molar-refractivity contribution in [2.24, 2.45) is 0 Å². The Bertz CT molecular complexity index is 924. The van der Waals surface area contributed by atoms with Gasteiger partial charge in [0.25, 0.3) is 5.91 Å². The highest BCUT2D eigenvalue weighted by atomic mass is 79.9. The van der Waals surface area contributed by atoms with Gasteiger partial charge in [0.15, 0.2) is 5.69 Å². The van der Waals surface area contributed by atoms with Gasteiger partial charge in [0.1, 0.15) is 0 Å². The highest BCUT2D eigenvalue weighted by Gasteiger charge is 2.24. The van der Waals surface area contributed by atoms with E-state index in [2.05, 4.69) is 26.0 Å². The highest BCUT2D eigenvalue weighted by molar-refractivity contribution is 9.10. The maximum atomic E-state index is 12.7. The zero-order valence-electron chi connectivity index (χ0n) is 12.0. The highest BCUT2D eigenvalue weighted by Crippen LogP contribution is 2.22. The fraction of sp³-hybridized carbons (Fsp3) is 0.188. The van der Waals surface area contributed by atoms with Crippen molar-refractivity contribution in [3.63, 3.8) is 0 Å². The first kappa shape index (κ1) is 14.7. The number of carbonyl (C=O) groups is 1. The molecule has 7 heteroatoms. The molecular weight excluding hydrogens is 380 g/mol. The van der Waals surface area contributed by atoms with Gasteiger partial charge in [-0.1, -0.05) is 11.6 Å². The Kier molecular flexibility index (Phi) is 3.58. The number of fused-ring (bicyclic) bond motifs is 2. The first-order valence-corrected chi connectivity index (χ1v) is 8.35. The lowest BCUT2D eigenvalue weighted by atomic mass is 10.1. The summed E-state index contributed by atoms with van der Waals surface area (Å²) in [5, 5.41) is 4.92. The zero-order chi connectivity index (χ0) is 16.0. The smallest absolute Gasteiger partial charge is 0.274 e. The quantitative estimate of drug-likeness (QED) is 0.639. The summed E-state index contributed by atoms with van der Waals surface area (Å²) >= 11 is 9.39. The van der Waals surface area contributed by atoms with Gasteiger partial charge in [-0.2, -0.15) is 5.10 Å². The lowest BCUT2D eigenvalue weighted by molar-refractivity contribution is 0.0727. The van der Waals surface area contributed by atoms with Crippen molar-refractivity contribution in [2.75, 3.05) is 6.54 Å². The molecular formula is C16H12BrClN4O. The lowest BCUT2D eigenvalue weighted by Crippen LogP contribution is -2.36. The largest absolute Gasteiger partial charge is 0.332 e. The Labute approximate surface area is 146 Å². The van der Waals surface area contributed by atoms with Crippen LogP contribution in [0.15, 0.2) is 41.1 Å². The van der Waals surface area contributed by atoms with Crippen LogP contribution in [0.3, 0.4) is 0 Å². The Morgan fingerprint density at radius 3 is 3.04 bits per heavy atom. The number of pyridine rings is 2. The summed E-state index contributed by atoms with van der Waals surface area (Å²) in [6.07, 6.45) is 4.25. The van der Waals surface area contributed by atoms with Crippen LogP contribution in [0.25, 0.3) is 5.52 Å². The number of carbonyl (C=O) groups excluding carboxylic acids is 1. The van der Waals surface area contributed by atoms with Crippen molar-refractivity contribution in [1.82, 2.24) is 19.5 Å². The standard InChI is InChI=1S/C16H12BrClN4O/c17-11-5-10-8-21(4-3-14(10)19-7-11)16(23)15-6-13-2-1-12(18)9-22(13)20-15/h1-2,5-7,9H,3-4,8H2. The first-order chi connectivity index (χ1) is 11.1. The molecule has 23 heavy (non-hydrogen) atoms. The molecule has 0 unspecified atom stereocenters. The van der Waals surface area contributed by atoms with E-state index in [1.54, 1.807) is 33.9 Å². The third-order valence-corrected chi connectivity index (χ3v) is 4.59. The van der Waals surface area contributed by atoms with Gasteiger partial charge in [0, 0.05) is 42.1 Å². The summed E-state index contributed by atoms with van der Waals surface area (Å²) in [6, 6.07) is 7.43. The average molecular weight is 392 g/mol. The number of rotatable bonds is 1. The number of hydrogen-bond acceptors (Lipinski definition) is 3. The monoisotopic (exact) mass is 390 g/mol. The second-order valence-electron chi connectivity index (χ2n) is 5.48. The molecule has 0 N–H and O–H groups in total. The molecule has 1 amide bonds. The van der Waals surface area contributed by atoms with Crippen LogP contribution in [0.2, 0.25) is 5.02 Å². The molecule has 0 spiro atoms. The molecule has 4 rings (SSSR count). The lowest BCUT2D eigenvalue weighted by Gasteiger charge is -2.27. The minimum Gasteiger partial charge on any atom is -0.332 e. The van der Waals surface area contributed by atoms with Crippen LogP contribution in [0.4, 0.5) is 0 Å². The van der Waals surface area contributed by atoms with Crippen molar-refractivity contribution in [1.29, 1.82) is 0 Å². The first-order valence-electron chi connectivity index (χ1n) is 7.18. The van der Waals surface area contributed by atoms with Gasteiger partial charge >= 0.3 is 0 Å². The van der Waals surface area contributed by atoms with Gasteiger partial charge in [-0.25, -0.2) is 4.52 Å². The Morgan fingerprint density at radius 2 is 2.17 bits per heavy atom. The van der Waals surface area contributed by atoms with Crippen LogP contribution in [-0.2, 0) is 13.0 Å². The van der Waals surface area contributed by atoms with Crippen LogP contribution in [0, 0.1) is 0 Å². The molecule has 1 aliphatic heterocycles. The fourth-order valence-electron chi connectivity index (χ4n) is 2.80. The minimum absolute atomic E-state index is 0.0737. The van der Waals surface area contributed by atoms with E-state index in [-0.39, 0.29) is 5.91 Å². The zero-order valence-corrected chi connectivity index (χ0v) is 14.4. The molecule has 5 nitrogen and oxygen atoms in total. The maximum Gasteiger partial charge on any atom is 0.274 e. The topological polar surface area (TPSA) is 50.5 Å². The van der Waals surface area contributed by atoms with Gasteiger partial charge in [-0.15, -0.1) is 0 Å². The SMILES string of the molecule is O=C(c1cc2ccc(Cl)cn2n1)N1CCc2ncc(Br)cc2C1. The van der Waals surface area contributed by atoms with Gasteiger partial charge in [0.2, 0.25) is 0 Å². The summed E-state index contributed by atoms with van der Waals surface area (Å²) in [6.45, 7) is 1.20. The van der Waals surface area contributed by atoms with Crippen LogP contribution < -0.4 is 0 Å². The van der Waals surface area contributed by atoms with Crippen LogP contribution in [0.5, 0.6) is 0 Å². The van der Waals surface area contributed by atoms with Crippen LogP contribution >= 0.6 is 27.5 Å². The minimum atomic E-state index is -0.0737. The van der Waals surface area contributed by atoms with Gasteiger partial charge in [0.05, 0.1) is 10.5 Å². The molecule has 0 saturated heterocycles. The van der Waals surface area contributed by atoms with E-state index in [1.807, 2.05) is 12.1 Å². The predicted molar refractivity (Wildman–Crippen MR) is 90.6 cm³/mol. The molecule has 0 fully saturated rings. The number of hydrogen-bond donors (Lipinski definition) is 0. The molecule has 0 aromatic carbocycles. The van der Waals surface area contributed by atoms with E-state index in [9.17, 15) is 4.79 Å². The average Bonchev–Trinajstić information content (AvgIpc) is 2.96. The van der Waals surface area contributed by atoms with Crippen molar-refractivity contribution >= 4 is 39.0 Å². The second-order valence-corrected chi connectivity index (χ2v) is 6.83. The molecule has 0 aliphatic carbocycles. The van der Waals surface area contributed by atoms with Crippen molar-refractivity contribution < 1.29 is 4.79 Å². The van der Waals surface area contributed by atoms with E-state index in [0.717, 1.165) is 27.7 Å². The Morgan fingerprint density at radius 1 is 1.30 bits per heavy atom. The van der Waals surface area contributed by atoms with Crippen molar-refractivity contribution in [2.45, 2.75) is 13.0 Å². The number of aromatic nitrogens is 3. The summed E-state index contributed by atoms with van der Waals surface area (Å²) < 4.78 is 2.55. The third kappa shape index (κ3) is 2.72. The molecule has 3 aromatic rings. The second kappa shape index (κ2) is 5.62. The molecule has 0 radical (unpaired) electrons. The van der Waals surface area contributed by atoms with Gasteiger partial charge in [-0.05, 0) is 45.8 Å². The molecule has 116 valence electrons. The molecule has 3 aromatic heterocycles. The summed E-state index contributed by atoms with van der Waals surface area (Å²) in [5.41, 5.74) is 3.41. The van der Waals surface area contributed by atoms with E-state index in [0.29, 0.717) is 23.8 Å². The summed E-state index contributed by atoms with van der Waals surface area (Å²) in [4.78, 5) is 18.9. The number of halogens is 2. The predicted octanol–water partition coefficient (Wildman–Crippen LogP) is 3.34.